The van der Waals surface area contributed by atoms with Crippen molar-refractivity contribution in [1.29, 1.82) is 0 Å². The maximum absolute atomic E-state index is 12.7. The molecular formula is C16H24NO5S+. The van der Waals surface area contributed by atoms with Crippen LogP contribution in [-0.4, -0.2) is 55.6 Å². The molecule has 2 rings (SSSR count). The third-order valence-corrected chi connectivity index (χ3v) is 7.17. The number of quaternary nitrogens is 1. The van der Waals surface area contributed by atoms with Gasteiger partial charge in [0.15, 0.2) is 9.84 Å². The van der Waals surface area contributed by atoms with Gasteiger partial charge in [-0.05, 0) is 38.1 Å². The van der Waals surface area contributed by atoms with Gasteiger partial charge in [-0.15, -0.1) is 0 Å². The molecule has 1 fully saturated rings. The molecule has 1 aliphatic rings. The minimum atomic E-state index is -3.45. The Balaban J connectivity index is 2.19. The number of ether oxygens (including phenoxy) is 1. The van der Waals surface area contributed by atoms with Gasteiger partial charge in [-0.1, -0.05) is 0 Å². The van der Waals surface area contributed by atoms with Crippen LogP contribution in [0.25, 0.3) is 0 Å². The fourth-order valence-electron chi connectivity index (χ4n) is 3.20. The van der Waals surface area contributed by atoms with Gasteiger partial charge < -0.3 is 9.84 Å². The molecule has 1 N–H and O–H groups in total. The first-order chi connectivity index (χ1) is 10.7. The Morgan fingerprint density at radius 2 is 1.74 bits per heavy atom. The Morgan fingerprint density at radius 3 is 2.13 bits per heavy atom. The fourth-order valence-corrected chi connectivity index (χ4v) is 4.93. The monoisotopic (exact) mass is 342 g/mol. The number of carbonyl (C=O) groups is 1. The van der Waals surface area contributed by atoms with Crippen LogP contribution in [0.5, 0.6) is 5.75 Å². The Kier molecular flexibility index (Phi) is 5.01. The zero-order valence-electron chi connectivity index (χ0n) is 13.7. The third-order valence-electron chi connectivity index (χ3n) is 4.90. The lowest BCUT2D eigenvalue weighted by Crippen LogP contribution is -2.61. The quantitative estimate of drug-likeness (QED) is 0.851. The third kappa shape index (κ3) is 3.21. The van der Waals surface area contributed by atoms with E-state index in [1.54, 1.807) is 24.3 Å². The summed E-state index contributed by atoms with van der Waals surface area (Å²) >= 11 is 0. The summed E-state index contributed by atoms with van der Waals surface area (Å²) in [7, 11) is -1.92. The first kappa shape index (κ1) is 17.7. The van der Waals surface area contributed by atoms with Crippen LogP contribution in [0.3, 0.4) is 0 Å². The molecule has 1 aromatic rings. The SMILES string of the molecule is COc1ccc(S(=O)(=O)C2CC[N+](C(=O)O)(C(C)C)CC2)cc1. The molecule has 1 amide bonds. The smallest absolute Gasteiger partial charge is 0.497 e. The summed E-state index contributed by atoms with van der Waals surface area (Å²) in [6.45, 7) is 4.42. The molecule has 1 saturated heterocycles. The number of rotatable bonds is 4. The summed E-state index contributed by atoms with van der Waals surface area (Å²) in [5.41, 5.74) is 0. The molecule has 0 unspecified atom stereocenters. The van der Waals surface area contributed by atoms with E-state index in [2.05, 4.69) is 0 Å². The first-order valence-electron chi connectivity index (χ1n) is 7.72. The minimum Gasteiger partial charge on any atom is -0.497 e. The lowest BCUT2D eigenvalue weighted by molar-refractivity contribution is -0.882. The fraction of sp³-hybridized carbons (Fsp3) is 0.562. The number of nitrogens with zero attached hydrogens (tertiary/aromatic N) is 1. The molecule has 7 heteroatoms. The molecule has 6 nitrogen and oxygen atoms in total. The highest BCUT2D eigenvalue weighted by atomic mass is 32.2. The van der Waals surface area contributed by atoms with E-state index < -0.39 is 21.2 Å². The highest BCUT2D eigenvalue weighted by molar-refractivity contribution is 7.92. The summed E-state index contributed by atoms with van der Waals surface area (Å²) in [5, 5.41) is 9.00. The van der Waals surface area contributed by atoms with E-state index in [1.807, 2.05) is 13.8 Å². The molecule has 0 bridgehead atoms. The van der Waals surface area contributed by atoms with Crippen molar-refractivity contribution in [3.8, 4) is 5.75 Å². The largest absolute Gasteiger partial charge is 0.513 e. The van der Waals surface area contributed by atoms with Crippen LogP contribution < -0.4 is 4.74 Å². The van der Waals surface area contributed by atoms with Gasteiger partial charge in [0.25, 0.3) is 0 Å². The molecule has 1 aromatic carbocycles. The van der Waals surface area contributed by atoms with E-state index in [1.165, 1.54) is 7.11 Å². The van der Waals surface area contributed by atoms with E-state index in [0.29, 0.717) is 31.7 Å². The highest BCUT2D eigenvalue weighted by Gasteiger charge is 2.46. The van der Waals surface area contributed by atoms with Crippen molar-refractivity contribution in [1.82, 2.24) is 0 Å². The van der Waals surface area contributed by atoms with E-state index in [0.717, 1.165) is 0 Å². The van der Waals surface area contributed by atoms with Gasteiger partial charge in [0.1, 0.15) is 5.75 Å². The van der Waals surface area contributed by atoms with Gasteiger partial charge >= 0.3 is 6.09 Å². The van der Waals surface area contributed by atoms with Crippen molar-refractivity contribution in [2.24, 2.45) is 0 Å². The number of hydrogen-bond acceptors (Lipinski definition) is 4. The Hall–Kier alpha value is -1.60. The lowest BCUT2D eigenvalue weighted by Gasteiger charge is -2.41. The second kappa shape index (κ2) is 6.49. The molecule has 23 heavy (non-hydrogen) atoms. The van der Waals surface area contributed by atoms with E-state index in [-0.39, 0.29) is 15.4 Å². The van der Waals surface area contributed by atoms with Crippen molar-refractivity contribution in [2.75, 3.05) is 20.2 Å². The van der Waals surface area contributed by atoms with Crippen LogP contribution in [0.1, 0.15) is 26.7 Å². The summed E-state index contributed by atoms with van der Waals surface area (Å²) in [4.78, 5) is 11.9. The molecule has 1 aliphatic heterocycles. The molecule has 0 aromatic heterocycles. The average molecular weight is 342 g/mol. The molecular weight excluding hydrogens is 318 g/mol. The number of likely N-dealkylation sites (tertiary alicyclic amines) is 1. The Labute approximate surface area is 137 Å². The van der Waals surface area contributed by atoms with Crippen LogP contribution in [-0.2, 0) is 9.84 Å². The predicted octanol–water partition coefficient (Wildman–Crippen LogP) is 2.53. The number of piperidine rings is 1. The van der Waals surface area contributed by atoms with E-state index in [4.69, 9.17) is 4.74 Å². The van der Waals surface area contributed by atoms with Gasteiger partial charge in [-0.2, -0.15) is 4.79 Å². The van der Waals surface area contributed by atoms with Crippen LogP contribution in [0, 0.1) is 0 Å². The summed E-state index contributed by atoms with van der Waals surface area (Å²) < 4.78 is 30.5. The Bertz CT molecular complexity index is 658. The van der Waals surface area contributed by atoms with Gasteiger partial charge in [0.2, 0.25) is 0 Å². The second-order valence-electron chi connectivity index (χ2n) is 6.28. The van der Waals surface area contributed by atoms with Gasteiger partial charge in [-0.25, -0.2) is 12.9 Å². The standard InChI is InChI=1S/C16H23NO5S/c1-12(2)17(16(18)19)10-8-15(9-11-17)23(20,21)14-6-4-13(22-3)5-7-14/h4-7,12,15H,8-11H2,1-3H3/p+1. The van der Waals surface area contributed by atoms with E-state index >= 15 is 0 Å². The van der Waals surface area contributed by atoms with Crippen LogP contribution in [0.2, 0.25) is 0 Å². The summed E-state index contributed by atoms with van der Waals surface area (Å²) in [5.74, 6) is 0.606. The minimum absolute atomic E-state index is 0.0609. The predicted molar refractivity (Wildman–Crippen MR) is 86.4 cm³/mol. The normalized spacial score (nSPS) is 25.3. The van der Waals surface area contributed by atoms with Crippen molar-refractivity contribution in [2.45, 2.75) is 42.9 Å². The van der Waals surface area contributed by atoms with Gasteiger partial charge in [-0.3, -0.25) is 0 Å². The molecule has 0 atom stereocenters. The van der Waals surface area contributed by atoms with Crippen molar-refractivity contribution in [3.63, 3.8) is 0 Å². The van der Waals surface area contributed by atoms with Gasteiger partial charge in [0, 0.05) is 12.8 Å². The summed E-state index contributed by atoms with van der Waals surface area (Å²) in [6.07, 6.45) is -0.155. The molecule has 1 heterocycles. The molecule has 0 saturated carbocycles. The zero-order chi connectivity index (χ0) is 17.3. The number of amides is 1. The van der Waals surface area contributed by atoms with Crippen LogP contribution in [0.15, 0.2) is 29.2 Å². The maximum Gasteiger partial charge on any atom is 0.513 e. The van der Waals surface area contributed by atoms with Crippen LogP contribution in [0.4, 0.5) is 4.79 Å². The number of hydrogen-bond donors (Lipinski definition) is 1. The molecule has 0 aliphatic carbocycles. The number of carboxylic acid groups (broad SMARTS) is 1. The first-order valence-corrected chi connectivity index (χ1v) is 9.27. The van der Waals surface area contributed by atoms with Crippen LogP contribution >= 0.6 is 0 Å². The topological polar surface area (TPSA) is 80.7 Å². The van der Waals surface area contributed by atoms with E-state index in [9.17, 15) is 18.3 Å². The molecule has 0 radical (unpaired) electrons. The molecule has 0 spiro atoms. The van der Waals surface area contributed by atoms with Crippen molar-refractivity contribution < 1.29 is 27.5 Å². The number of methoxy groups -OCH3 is 1. The lowest BCUT2D eigenvalue weighted by atomic mass is 10.1. The average Bonchev–Trinajstić information content (AvgIpc) is 2.54. The highest BCUT2D eigenvalue weighted by Crippen LogP contribution is 2.30. The summed E-state index contributed by atoms with van der Waals surface area (Å²) in [6, 6.07) is 6.27. The van der Waals surface area contributed by atoms with Crippen molar-refractivity contribution >= 4 is 15.9 Å². The van der Waals surface area contributed by atoms with Gasteiger partial charge in [0.05, 0.1) is 36.4 Å². The Morgan fingerprint density at radius 1 is 1.22 bits per heavy atom. The number of benzene rings is 1. The zero-order valence-corrected chi connectivity index (χ0v) is 14.5. The second-order valence-corrected chi connectivity index (χ2v) is 8.51. The number of sulfone groups is 1. The van der Waals surface area contributed by atoms with Crippen molar-refractivity contribution in [3.05, 3.63) is 24.3 Å². The maximum atomic E-state index is 12.7. The molecule has 128 valence electrons.